The number of halogens is 1. The number of nitrogens with one attached hydrogen (secondary N) is 1. The number of benzene rings is 2. The van der Waals surface area contributed by atoms with Gasteiger partial charge in [-0.1, -0.05) is 0 Å². The molecule has 3 nitrogen and oxygen atoms in total. The van der Waals surface area contributed by atoms with Crippen molar-refractivity contribution in [2.24, 2.45) is 0 Å². The molecule has 0 aromatic heterocycles. The zero-order chi connectivity index (χ0) is 13.1. The number of hydrogen-bond acceptors (Lipinski definition) is 3. The van der Waals surface area contributed by atoms with E-state index in [1.807, 2.05) is 19.1 Å². The number of rotatable bonds is 2. The summed E-state index contributed by atoms with van der Waals surface area (Å²) in [4.78, 5) is 0. The molecule has 0 aliphatic rings. The van der Waals surface area contributed by atoms with Crippen molar-refractivity contribution in [2.45, 2.75) is 6.92 Å². The molecule has 0 aliphatic carbocycles. The molecule has 3 N–H and O–H groups in total. The topological polar surface area (TPSA) is 61.8 Å². The van der Waals surface area contributed by atoms with Crippen LogP contribution in [0.25, 0.3) is 0 Å². The fourth-order valence-corrected chi connectivity index (χ4v) is 1.71. The average Bonchev–Trinajstić information content (AvgIpc) is 2.30. The van der Waals surface area contributed by atoms with E-state index < -0.39 is 0 Å². The predicted molar refractivity (Wildman–Crippen MR) is 70.0 cm³/mol. The average molecular weight is 241 g/mol. The first-order chi connectivity index (χ1) is 8.58. The second-order valence-electron chi connectivity index (χ2n) is 4.06. The van der Waals surface area contributed by atoms with Gasteiger partial charge in [-0.3, -0.25) is 0 Å². The molecule has 0 heterocycles. The highest BCUT2D eigenvalue weighted by atomic mass is 19.1. The number of nitrogens with two attached hydrogens (primary N) is 1. The van der Waals surface area contributed by atoms with E-state index in [9.17, 15) is 4.39 Å². The number of nitrogen functional groups attached to an aromatic ring is 1. The second-order valence-corrected chi connectivity index (χ2v) is 4.06. The first kappa shape index (κ1) is 11.9. The Morgan fingerprint density at radius 1 is 1.17 bits per heavy atom. The van der Waals surface area contributed by atoms with Crippen LogP contribution in [0.5, 0.6) is 0 Å². The molecule has 18 heavy (non-hydrogen) atoms. The summed E-state index contributed by atoms with van der Waals surface area (Å²) in [6, 6.07) is 11.7. The molecule has 0 fully saturated rings. The first-order valence-electron chi connectivity index (χ1n) is 5.42. The van der Waals surface area contributed by atoms with Crippen molar-refractivity contribution in [1.29, 1.82) is 5.26 Å². The summed E-state index contributed by atoms with van der Waals surface area (Å²) in [5, 5.41) is 11.9. The number of nitriles is 1. The zero-order valence-corrected chi connectivity index (χ0v) is 9.87. The van der Waals surface area contributed by atoms with Gasteiger partial charge in [0.05, 0.1) is 5.56 Å². The van der Waals surface area contributed by atoms with Crippen LogP contribution in [0.1, 0.15) is 11.1 Å². The Labute approximate surface area is 105 Å². The van der Waals surface area contributed by atoms with Crippen molar-refractivity contribution >= 4 is 17.1 Å². The van der Waals surface area contributed by atoms with Gasteiger partial charge in [0.2, 0.25) is 0 Å². The molecule has 0 saturated carbocycles. The predicted octanol–water partition coefficient (Wildman–Crippen LogP) is 3.33. The number of nitrogens with zero attached hydrogens (tertiary/aromatic N) is 1. The van der Waals surface area contributed by atoms with Gasteiger partial charge in [-0.25, -0.2) is 4.39 Å². The summed E-state index contributed by atoms with van der Waals surface area (Å²) in [7, 11) is 0. The van der Waals surface area contributed by atoms with E-state index in [1.165, 1.54) is 12.1 Å². The van der Waals surface area contributed by atoms with E-state index in [-0.39, 0.29) is 5.82 Å². The van der Waals surface area contributed by atoms with Gasteiger partial charge in [-0.15, -0.1) is 0 Å². The van der Waals surface area contributed by atoms with E-state index in [1.54, 1.807) is 18.2 Å². The monoisotopic (exact) mass is 241 g/mol. The Morgan fingerprint density at radius 3 is 2.61 bits per heavy atom. The lowest BCUT2D eigenvalue weighted by atomic mass is 10.1. The summed E-state index contributed by atoms with van der Waals surface area (Å²) in [5.41, 5.74) is 8.62. The number of anilines is 3. The summed E-state index contributed by atoms with van der Waals surface area (Å²) in [5.74, 6) is -0.298. The van der Waals surface area contributed by atoms with Gasteiger partial charge < -0.3 is 11.1 Å². The lowest BCUT2D eigenvalue weighted by Crippen LogP contribution is -1.95. The quantitative estimate of drug-likeness (QED) is 0.793. The Balaban J connectivity index is 2.31. The van der Waals surface area contributed by atoms with Crippen LogP contribution in [0.4, 0.5) is 21.5 Å². The fourth-order valence-electron chi connectivity index (χ4n) is 1.71. The van der Waals surface area contributed by atoms with Crippen LogP contribution in [-0.2, 0) is 0 Å². The molecule has 2 aromatic carbocycles. The van der Waals surface area contributed by atoms with E-state index in [4.69, 9.17) is 11.0 Å². The van der Waals surface area contributed by atoms with E-state index in [0.717, 1.165) is 5.56 Å². The van der Waals surface area contributed by atoms with Gasteiger partial charge in [-0.05, 0) is 48.9 Å². The summed E-state index contributed by atoms with van der Waals surface area (Å²) in [6.45, 7) is 1.82. The molecule has 0 saturated heterocycles. The fraction of sp³-hybridized carbons (Fsp3) is 0.0714. The minimum atomic E-state index is -0.298. The van der Waals surface area contributed by atoms with E-state index >= 15 is 0 Å². The van der Waals surface area contributed by atoms with Gasteiger partial charge in [0.15, 0.2) is 0 Å². The SMILES string of the molecule is Cc1cc(F)cc(Nc2ccc(N)c(C#N)c2)c1. The molecule has 2 aromatic rings. The first-order valence-corrected chi connectivity index (χ1v) is 5.42. The molecular weight excluding hydrogens is 229 g/mol. The molecule has 4 heteroatoms. The minimum absolute atomic E-state index is 0.298. The summed E-state index contributed by atoms with van der Waals surface area (Å²) < 4.78 is 13.2. The van der Waals surface area contributed by atoms with Crippen molar-refractivity contribution in [1.82, 2.24) is 0 Å². The molecule has 0 bridgehead atoms. The Kier molecular flexibility index (Phi) is 3.16. The van der Waals surface area contributed by atoms with Gasteiger partial charge in [0.1, 0.15) is 11.9 Å². The van der Waals surface area contributed by atoms with Crippen molar-refractivity contribution in [3.05, 3.63) is 53.3 Å². The standard InChI is InChI=1S/C14H12FN3/c1-9-4-11(15)7-13(5-9)18-12-2-3-14(17)10(6-12)8-16/h2-7,18H,17H2,1H3. The third-order valence-corrected chi connectivity index (χ3v) is 2.50. The van der Waals surface area contributed by atoms with Crippen LogP contribution in [0.15, 0.2) is 36.4 Å². The van der Waals surface area contributed by atoms with Crippen molar-refractivity contribution in [2.75, 3.05) is 11.1 Å². The van der Waals surface area contributed by atoms with Crippen LogP contribution in [0.3, 0.4) is 0 Å². The van der Waals surface area contributed by atoms with Crippen molar-refractivity contribution in [3.63, 3.8) is 0 Å². The maximum absolute atomic E-state index is 13.2. The Bertz CT molecular complexity index is 609. The van der Waals surface area contributed by atoms with Gasteiger partial charge in [0.25, 0.3) is 0 Å². The molecule has 0 unspecified atom stereocenters. The molecule has 0 atom stereocenters. The van der Waals surface area contributed by atoms with Gasteiger partial charge in [-0.2, -0.15) is 5.26 Å². The van der Waals surface area contributed by atoms with Crippen LogP contribution >= 0.6 is 0 Å². The molecular formula is C14H12FN3. The summed E-state index contributed by atoms with van der Waals surface area (Å²) in [6.07, 6.45) is 0. The lowest BCUT2D eigenvalue weighted by molar-refractivity contribution is 0.627. The molecule has 0 aliphatic heterocycles. The van der Waals surface area contributed by atoms with Crippen LogP contribution in [0.2, 0.25) is 0 Å². The zero-order valence-electron chi connectivity index (χ0n) is 9.87. The lowest BCUT2D eigenvalue weighted by Gasteiger charge is -2.08. The van der Waals surface area contributed by atoms with Gasteiger partial charge >= 0.3 is 0 Å². The third kappa shape index (κ3) is 2.58. The normalized spacial score (nSPS) is 9.83. The molecule has 90 valence electrons. The second kappa shape index (κ2) is 4.76. The smallest absolute Gasteiger partial charge is 0.125 e. The van der Waals surface area contributed by atoms with Crippen molar-refractivity contribution in [3.8, 4) is 6.07 Å². The number of aryl methyl sites for hydroxylation is 1. The van der Waals surface area contributed by atoms with E-state index in [0.29, 0.717) is 22.6 Å². The molecule has 0 spiro atoms. The molecule has 0 amide bonds. The molecule has 0 radical (unpaired) electrons. The highest BCUT2D eigenvalue weighted by molar-refractivity contribution is 5.67. The van der Waals surface area contributed by atoms with Crippen LogP contribution in [-0.4, -0.2) is 0 Å². The maximum Gasteiger partial charge on any atom is 0.125 e. The largest absolute Gasteiger partial charge is 0.398 e. The maximum atomic E-state index is 13.2. The minimum Gasteiger partial charge on any atom is -0.398 e. The van der Waals surface area contributed by atoms with Gasteiger partial charge in [0, 0.05) is 17.1 Å². The highest BCUT2D eigenvalue weighted by Gasteiger charge is 2.02. The highest BCUT2D eigenvalue weighted by Crippen LogP contribution is 2.22. The number of hydrogen-bond donors (Lipinski definition) is 2. The third-order valence-electron chi connectivity index (χ3n) is 2.50. The van der Waals surface area contributed by atoms with Crippen molar-refractivity contribution < 1.29 is 4.39 Å². The van der Waals surface area contributed by atoms with E-state index in [2.05, 4.69) is 5.32 Å². The Morgan fingerprint density at radius 2 is 1.94 bits per heavy atom. The summed E-state index contributed by atoms with van der Waals surface area (Å²) >= 11 is 0. The van der Waals surface area contributed by atoms with Crippen LogP contribution < -0.4 is 11.1 Å². The Hall–Kier alpha value is -2.54. The molecule has 2 rings (SSSR count). The van der Waals surface area contributed by atoms with Crippen LogP contribution in [0, 0.1) is 24.1 Å².